The van der Waals surface area contributed by atoms with E-state index in [0.29, 0.717) is 17.3 Å². The van der Waals surface area contributed by atoms with Crippen molar-refractivity contribution in [3.8, 4) is 0 Å². The third-order valence-corrected chi connectivity index (χ3v) is 4.15. The fourth-order valence-corrected chi connectivity index (χ4v) is 2.94. The molecule has 0 heterocycles. The number of aliphatic hydroxyl groups is 1. The summed E-state index contributed by atoms with van der Waals surface area (Å²) in [6, 6.07) is 0. The van der Waals surface area contributed by atoms with E-state index in [2.05, 4.69) is 41.5 Å². The summed E-state index contributed by atoms with van der Waals surface area (Å²) in [7, 11) is 0. The highest BCUT2D eigenvalue weighted by Gasteiger charge is 2.39. The van der Waals surface area contributed by atoms with Gasteiger partial charge in [-0.05, 0) is 41.9 Å². The van der Waals surface area contributed by atoms with E-state index in [9.17, 15) is 5.11 Å². The zero-order valence-electron chi connectivity index (χ0n) is 11.3. The summed E-state index contributed by atoms with van der Waals surface area (Å²) in [5.74, 6) is 1.17. The number of hydrogen-bond donors (Lipinski definition) is 1. The molecule has 1 fully saturated rings. The van der Waals surface area contributed by atoms with E-state index < -0.39 is 0 Å². The van der Waals surface area contributed by atoms with Gasteiger partial charge in [-0.25, -0.2) is 0 Å². The van der Waals surface area contributed by atoms with Gasteiger partial charge < -0.3 is 5.11 Å². The Morgan fingerprint density at radius 3 is 1.73 bits per heavy atom. The molecule has 1 N–H and O–H groups in total. The van der Waals surface area contributed by atoms with Crippen LogP contribution in [0.3, 0.4) is 0 Å². The van der Waals surface area contributed by atoms with Crippen LogP contribution in [-0.4, -0.2) is 11.2 Å². The molecule has 1 nitrogen and oxygen atoms in total. The van der Waals surface area contributed by atoms with Crippen LogP contribution in [0.4, 0.5) is 0 Å². The molecule has 1 aliphatic carbocycles. The van der Waals surface area contributed by atoms with Crippen LogP contribution in [0.1, 0.15) is 60.8 Å². The van der Waals surface area contributed by atoms with Crippen LogP contribution in [0.5, 0.6) is 0 Å². The quantitative estimate of drug-likeness (QED) is 0.646. The van der Waals surface area contributed by atoms with Gasteiger partial charge in [0.05, 0.1) is 6.10 Å². The lowest BCUT2D eigenvalue weighted by molar-refractivity contribution is -0.0300. The minimum absolute atomic E-state index is 0.0945. The molecule has 0 aromatic carbocycles. The van der Waals surface area contributed by atoms with Crippen molar-refractivity contribution in [1.29, 1.82) is 0 Å². The molecular weight excluding hydrogens is 184 g/mol. The Balaban J connectivity index is 2.64. The third-order valence-electron chi connectivity index (χ3n) is 4.15. The highest BCUT2D eigenvalue weighted by molar-refractivity contribution is 4.89. The minimum atomic E-state index is -0.0945. The number of aliphatic hydroxyl groups excluding tert-OH is 1. The first kappa shape index (κ1) is 13.0. The van der Waals surface area contributed by atoms with Crippen molar-refractivity contribution in [2.24, 2.45) is 22.7 Å². The molecule has 1 rings (SSSR count). The van der Waals surface area contributed by atoms with Gasteiger partial charge in [-0.3, -0.25) is 0 Å². The SMILES string of the molecule is CC(C)(C)C1CCC(C(C)(C)C)C(O)C1. The van der Waals surface area contributed by atoms with Crippen LogP contribution >= 0.6 is 0 Å². The summed E-state index contributed by atoms with van der Waals surface area (Å²) in [5.41, 5.74) is 0.603. The summed E-state index contributed by atoms with van der Waals surface area (Å²) in [6.07, 6.45) is 3.36. The Labute approximate surface area is 95.3 Å². The predicted octanol–water partition coefficient (Wildman–Crippen LogP) is 3.86. The second-order valence-corrected chi connectivity index (χ2v) is 7.42. The standard InChI is InChI=1S/C14H28O/c1-13(2,3)10-7-8-11(12(15)9-10)14(4,5)6/h10-12,15H,7-9H2,1-6H3. The fraction of sp³-hybridized carbons (Fsp3) is 1.00. The monoisotopic (exact) mass is 212 g/mol. The van der Waals surface area contributed by atoms with Crippen molar-refractivity contribution in [2.45, 2.75) is 66.9 Å². The van der Waals surface area contributed by atoms with Gasteiger partial charge in [0, 0.05) is 0 Å². The van der Waals surface area contributed by atoms with E-state index in [-0.39, 0.29) is 11.5 Å². The Hall–Kier alpha value is -0.0400. The maximum Gasteiger partial charge on any atom is 0.0576 e. The van der Waals surface area contributed by atoms with E-state index >= 15 is 0 Å². The first-order chi connectivity index (χ1) is 6.62. The lowest BCUT2D eigenvalue weighted by atomic mass is 9.63. The van der Waals surface area contributed by atoms with E-state index in [1.165, 1.54) is 12.8 Å². The van der Waals surface area contributed by atoms with Crippen LogP contribution < -0.4 is 0 Å². The summed E-state index contributed by atoms with van der Waals surface area (Å²) in [5, 5.41) is 10.2. The molecule has 1 heteroatoms. The summed E-state index contributed by atoms with van der Waals surface area (Å²) >= 11 is 0. The van der Waals surface area contributed by atoms with E-state index in [0.717, 1.165) is 6.42 Å². The molecule has 0 spiro atoms. The van der Waals surface area contributed by atoms with Crippen LogP contribution in [-0.2, 0) is 0 Å². The largest absolute Gasteiger partial charge is 0.393 e. The van der Waals surface area contributed by atoms with Crippen molar-refractivity contribution in [2.75, 3.05) is 0 Å². The van der Waals surface area contributed by atoms with Gasteiger partial charge in [0.2, 0.25) is 0 Å². The van der Waals surface area contributed by atoms with E-state index in [1.54, 1.807) is 0 Å². The Kier molecular flexibility index (Phi) is 3.55. The molecule has 0 amide bonds. The normalized spacial score (nSPS) is 34.2. The first-order valence-corrected chi connectivity index (χ1v) is 6.30. The third kappa shape index (κ3) is 3.21. The summed E-state index contributed by atoms with van der Waals surface area (Å²) in [4.78, 5) is 0. The highest BCUT2D eigenvalue weighted by Crippen LogP contribution is 2.45. The zero-order valence-corrected chi connectivity index (χ0v) is 11.3. The molecule has 15 heavy (non-hydrogen) atoms. The van der Waals surface area contributed by atoms with E-state index in [1.807, 2.05) is 0 Å². The highest BCUT2D eigenvalue weighted by atomic mass is 16.3. The Morgan fingerprint density at radius 1 is 0.867 bits per heavy atom. The lowest BCUT2D eigenvalue weighted by Crippen LogP contribution is -2.40. The van der Waals surface area contributed by atoms with Gasteiger partial charge in [-0.15, -0.1) is 0 Å². The van der Waals surface area contributed by atoms with Gasteiger partial charge in [0.25, 0.3) is 0 Å². The summed E-state index contributed by atoms with van der Waals surface area (Å²) in [6.45, 7) is 13.6. The van der Waals surface area contributed by atoms with Crippen LogP contribution in [0.15, 0.2) is 0 Å². The maximum atomic E-state index is 10.2. The minimum Gasteiger partial charge on any atom is -0.393 e. The van der Waals surface area contributed by atoms with Gasteiger partial charge in [0.1, 0.15) is 0 Å². The van der Waals surface area contributed by atoms with Gasteiger partial charge in [-0.1, -0.05) is 41.5 Å². The molecule has 1 aliphatic rings. The fourth-order valence-electron chi connectivity index (χ4n) is 2.94. The Bertz CT molecular complexity index is 206. The predicted molar refractivity (Wildman–Crippen MR) is 65.7 cm³/mol. The van der Waals surface area contributed by atoms with Crippen molar-refractivity contribution >= 4 is 0 Å². The maximum absolute atomic E-state index is 10.2. The number of rotatable bonds is 0. The van der Waals surface area contributed by atoms with E-state index in [4.69, 9.17) is 0 Å². The van der Waals surface area contributed by atoms with Crippen LogP contribution in [0.25, 0.3) is 0 Å². The van der Waals surface area contributed by atoms with Gasteiger partial charge in [0.15, 0.2) is 0 Å². The molecule has 3 atom stereocenters. The molecule has 0 aliphatic heterocycles. The van der Waals surface area contributed by atoms with Gasteiger partial charge >= 0.3 is 0 Å². The zero-order chi connectivity index (χ0) is 11.9. The van der Waals surface area contributed by atoms with Crippen LogP contribution in [0.2, 0.25) is 0 Å². The molecule has 1 saturated carbocycles. The van der Waals surface area contributed by atoms with Crippen molar-refractivity contribution in [1.82, 2.24) is 0 Å². The molecule has 3 unspecified atom stereocenters. The second-order valence-electron chi connectivity index (χ2n) is 7.42. The topological polar surface area (TPSA) is 20.2 Å². The van der Waals surface area contributed by atoms with Crippen molar-refractivity contribution in [3.63, 3.8) is 0 Å². The summed E-state index contributed by atoms with van der Waals surface area (Å²) < 4.78 is 0. The Morgan fingerprint density at radius 2 is 1.40 bits per heavy atom. The molecule has 0 saturated heterocycles. The molecule has 90 valence electrons. The molecule has 0 aromatic rings. The van der Waals surface area contributed by atoms with Crippen molar-refractivity contribution in [3.05, 3.63) is 0 Å². The van der Waals surface area contributed by atoms with Gasteiger partial charge in [-0.2, -0.15) is 0 Å². The van der Waals surface area contributed by atoms with Crippen LogP contribution in [0, 0.1) is 22.7 Å². The average molecular weight is 212 g/mol. The first-order valence-electron chi connectivity index (χ1n) is 6.30. The number of hydrogen-bond acceptors (Lipinski definition) is 1. The molecular formula is C14H28O. The molecule has 0 bridgehead atoms. The molecule has 0 radical (unpaired) electrons. The van der Waals surface area contributed by atoms with Crippen molar-refractivity contribution < 1.29 is 5.11 Å². The smallest absolute Gasteiger partial charge is 0.0576 e. The lowest BCUT2D eigenvalue weighted by Gasteiger charge is -2.44. The molecule has 0 aromatic heterocycles. The second kappa shape index (κ2) is 4.08. The average Bonchev–Trinajstić information content (AvgIpc) is 1.99.